The van der Waals surface area contributed by atoms with Crippen molar-refractivity contribution in [3.63, 3.8) is 0 Å². The molecule has 0 bridgehead atoms. The lowest BCUT2D eigenvalue weighted by Crippen LogP contribution is -2.48. The van der Waals surface area contributed by atoms with Crippen LogP contribution in [-0.2, 0) is 15.9 Å². The van der Waals surface area contributed by atoms with Gasteiger partial charge in [-0.2, -0.15) is 0 Å². The Hall–Kier alpha value is -0.900. The van der Waals surface area contributed by atoms with Crippen molar-refractivity contribution in [3.8, 4) is 0 Å². The molecular formula is C14H23NO2. The molecule has 0 aliphatic heterocycles. The van der Waals surface area contributed by atoms with Crippen LogP contribution in [-0.4, -0.2) is 25.7 Å². The fourth-order valence-corrected chi connectivity index (χ4v) is 1.77. The highest BCUT2D eigenvalue weighted by atomic mass is 16.7. The first kappa shape index (κ1) is 14.2. The van der Waals surface area contributed by atoms with Crippen LogP contribution in [0.5, 0.6) is 0 Å². The van der Waals surface area contributed by atoms with Gasteiger partial charge in [0, 0.05) is 26.7 Å². The molecule has 0 heterocycles. The zero-order valence-electron chi connectivity index (χ0n) is 11.0. The second kappa shape index (κ2) is 7.43. The minimum atomic E-state index is -0.668. The molecule has 0 aliphatic rings. The molecule has 0 radical (unpaired) electrons. The number of hydrogen-bond acceptors (Lipinski definition) is 3. The van der Waals surface area contributed by atoms with Gasteiger partial charge in [0.15, 0.2) is 0 Å². The summed E-state index contributed by atoms with van der Waals surface area (Å²) < 4.78 is 11.1. The molecule has 1 aromatic rings. The van der Waals surface area contributed by atoms with E-state index in [4.69, 9.17) is 9.47 Å². The number of rotatable bonds is 8. The van der Waals surface area contributed by atoms with E-state index in [1.807, 2.05) is 26.8 Å². The number of ether oxygens (including phenoxy) is 2. The summed E-state index contributed by atoms with van der Waals surface area (Å²) in [6, 6.07) is 10.4. The summed E-state index contributed by atoms with van der Waals surface area (Å²) in [5, 5.41) is 3.30. The standard InChI is InChI=1S/C14H23NO2/c1-4-16-14(3,17-5-2)15-12-11-13-9-7-6-8-10-13/h6-10,15H,4-5,11-12H2,1-3H3. The molecule has 1 rings (SSSR count). The molecule has 0 spiro atoms. The molecule has 0 atom stereocenters. The summed E-state index contributed by atoms with van der Waals surface area (Å²) in [7, 11) is 0. The Morgan fingerprint density at radius 3 is 2.18 bits per heavy atom. The van der Waals surface area contributed by atoms with E-state index < -0.39 is 5.91 Å². The van der Waals surface area contributed by atoms with Crippen molar-refractivity contribution in [1.82, 2.24) is 5.32 Å². The van der Waals surface area contributed by atoms with Crippen LogP contribution in [0.3, 0.4) is 0 Å². The van der Waals surface area contributed by atoms with E-state index in [9.17, 15) is 0 Å². The van der Waals surface area contributed by atoms with Crippen molar-refractivity contribution in [3.05, 3.63) is 35.9 Å². The van der Waals surface area contributed by atoms with Crippen LogP contribution < -0.4 is 5.32 Å². The van der Waals surface area contributed by atoms with Crippen LogP contribution in [0.1, 0.15) is 26.3 Å². The lowest BCUT2D eigenvalue weighted by molar-refractivity contribution is -0.240. The Kier molecular flexibility index (Phi) is 6.19. The molecule has 17 heavy (non-hydrogen) atoms. The topological polar surface area (TPSA) is 30.5 Å². The molecule has 1 aromatic carbocycles. The smallest absolute Gasteiger partial charge is 0.224 e. The number of benzene rings is 1. The van der Waals surface area contributed by atoms with Gasteiger partial charge in [0.1, 0.15) is 0 Å². The number of hydrogen-bond donors (Lipinski definition) is 1. The van der Waals surface area contributed by atoms with Gasteiger partial charge in [-0.05, 0) is 25.8 Å². The Balaban J connectivity index is 2.37. The Labute approximate surface area is 104 Å². The van der Waals surface area contributed by atoms with E-state index >= 15 is 0 Å². The van der Waals surface area contributed by atoms with Gasteiger partial charge in [-0.3, -0.25) is 5.32 Å². The predicted octanol–water partition coefficient (Wildman–Crippen LogP) is 2.57. The second-order valence-electron chi connectivity index (χ2n) is 3.97. The van der Waals surface area contributed by atoms with Gasteiger partial charge in [-0.1, -0.05) is 30.3 Å². The summed E-state index contributed by atoms with van der Waals surface area (Å²) in [5.41, 5.74) is 1.32. The van der Waals surface area contributed by atoms with E-state index in [1.54, 1.807) is 0 Å². The maximum absolute atomic E-state index is 5.57. The van der Waals surface area contributed by atoms with E-state index in [0.29, 0.717) is 13.2 Å². The van der Waals surface area contributed by atoms with E-state index in [2.05, 4.69) is 29.6 Å². The quantitative estimate of drug-likeness (QED) is 0.705. The summed E-state index contributed by atoms with van der Waals surface area (Å²) in [4.78, 5) is 0. The van der Waals surface area contributed by atoms with E-state index in [-0.39, 0.29) is 0 Å². The predicted molar refractivity (Wildman–Crippen MR) is 69.8 cm³/mol. The molecule has 0 aromatic heterocycles. The van der Waals surface area contributed by atoms with Crippen molar-refractivity contribution in [1.29, 1.82) is 0 Å². The minimum absolute atomic E-state index is 0.634. The fraction of sp³-hybridized carbons (Fsp3) is 0.571. The molecule has 0 saturated carbocycles. The molecule has 3 heteroatoms. The second-order valence-corrected chi connectivity index (χ2v) is 3.97. The van der Waals surface area contributed by atoms with Crippen LogP contribution in [0.2, 0.25) is 0 Å². The summed E-state index contributed by atoms with van der Waals surface area (Å²) in [5.74, 6) is -0.668. The molecular weight excluding hydrogens is 214 g/mol. The molecule has 0 fully saturated rings. The summed E-state index contributed by atoms with van der Waals surface area (Å²) >= 11 is 0. The highest BCUT2D eigenvalue weighted by Crippen LogP contribution is 2.08. The highest BCUT2D eigenvalue weighted by Gasteiger charge is 2.23. The molecule has 3 nitrogen and oxygen atoms in total. The average molecular weight is 237 g/mol. The van der Waals surface area contributed by atoms with Gasteiger partial charge in [-0.25, -0.2) is 0 Å². The van der Waals surface area contributed by atoms with Crippen LogP contribution in [0.25, 0.3) is 0 Å². The zero-order chi connectivity index (χ0) is 12.6. The third-order valence-corrected chi connectivity index (χ3v) is 2.54. The molecule has 96 valence electrons. The summed E-state index contributed by atoms with van der Waals surface area (Å²) in [6.45, 7) is 7.96. The molecule has 0 saturated heterocycles. The van der Waals surface area contributed by atoms with E-state index in [0.717, 1.165) is 13.0 Å². The van der Waals surface area contributed by atoms with Crippen LogP contribution in [0.4, 0.5) is 0 Å². The highest BCUT2D eigenvalue weighted by molar-refractivity contribution is 5.14. The van der Waals surface area contributed by atoms with Crippen molar-refractivity contribution < 1.29 is 9.47 Å². The monoisotopic (exact) mass is 237 g/mol. The third kappa shape index (κ3) is 5.31. The average Bonchev–Trinajstić information content (AvgIpc) is 2.31. The largest absolute Gasteiger partial charge is 0.338 e. The molecule has 0 aliphatic carbocycles. The first-order valence-corrected chi connectivity index (χ1v) is 6.27. The van der Waals surface area contributed by atoms with Crippen molar-refractivity contribution >= 4 is 0 Å². The van der Waals surface area contributed by atoms with Gasteiger partial charge in [-0.15, -0.1) is 0 Å². The first-order chi connectivity index (χ1) is 8.20. The van der Waals surface area contributed by atoms with Crippen LogP contribution in [0, 0.1) is 0 Å². The van der Waals surface area contributed by atoms with Crippen LogP contribution in [0.15, 0.2) is 30.3 Å². The van der Waals surface area contributed by atoms with Gasteiger partial charge >= 0.3 is 0 Å². The van der Waals surface area contributed by atoms with Gasteiger partial charge in [0.25, 0.3) is 0 Å². The maximum Gasteiger partial charge on any atom is 0.224 e. The SMILES string of the molecule is CCOC(C)(NCCc1ccccc1)OCC. The normalized spacial score (nSPS) is 11.7. The van der Waals surface area contributed by atoms with Crippen molar-refractivity contribution in [2.24, 2.45) is 0 Å². The Morgan fingerprint density at radius 1 is 1.06 bits per heavy atom. The van der Waals surface area contributed by atoms with Crippen LogP contribution >= 0.6 is 0 Å². The summed E-state index contributed by atoms with van der Waals surface area (Å²) in [6.07, 6.45) is 0.969. The Bertz CT molecular complexity index is 294. The third-order valence-electron chi connectivity index (χ3n) is 2.54. The number of nitrogens with one attached hydrogen (secondary N) is 1. The minimum Gasteiger partial charge on any atom is -0.338 e. The lowest BCUT2D eigenvalue weighted by Gasteiger charge is -2.30. The van der Waals surface area contributed by atoms with E-state index in [1.165, 1.54) is 5.56 Å². The van der Waals surface area contributed by atoms with Gasteiger partial charge < -0.3 is 9.47 Å². The molecule has 1 N–H and O–H groups in total. The van der Waals surface area contributed by atoms with Crippen molar-refractivity contribution in [2.75, 3.05) is 19.8 Å². The molecule has 0 amide bonds. The Morgan fingerprint density at radius 2 is 1.65 bits per heavy atom. The van der Waals surface area contributed by atoms with Gasteiger partial charge in [0.05, 0.1) is 0 Å². The molecule has 0 unspecified atom stereocenters. The van der Waals surface area contributed by atoms with Gasteiger partial charge in [0.2, 0.25) is 5.91 Å². The maximum atomic E-state index is 5.57. The van der Waals surface area contributed by atoms with Crippen molar-refractivity contribution in [2.45, 2.75) is 33.1 Å². The first-order valence-electron chi connectivity index (χ1n) is 6.27. The fourth-order valence-electron chi connectivity index (χ4n) is 1.77. The lowest BCUT2D eigenvalue weighted by atomic mass is 10.1. The zero-order valence-corrected chi connectivity index (χ0v) is 11.0.